The molecule has 0 bridgehead atoms. The minimum absolute atomic E-state index is 0.753. The number of benzene rings is 2. The molecule has 4 aliphatic carbocycles. The highest BCUT2D eigenvalue weighted by Gasteiger charge is 2.31. The molecule has 0 saturated heterocycles. The highest BCUT2D eigenvalue weighted by atomic mass is 14.7. The summed E-state index contributed by atoms with van der Waals surface area (Å²) in [5.74, 6) is 1.63. The molecule has 1 heterocycles. The summed E-state index contributed by atoms with van der Waals surface area (Å²) in [5, 5.41) is 5.71. The quantitative estimate of drug-likeness (QED) is 0.580. The zero-order valence-corrected chi connectivity index (χ0v) is 18.5. The normalized spacial score (nSPS) is 21.0. The largest absolute Gasteiger partial charge is 0.252 e. The number of nitrogens with zero attached hydrogens (tertiary/aromatic N) is 1. The summed E-state index contributed by atoms with van der Waals surface area (Å²) in [6.07, 6.45) is 17.9. The second-order valence-electron chi connectivity index (χ2n) is 10.0. The van der Waals surface area contributed by atoms with Crippen LogP contribution in [0.2, 0.25) is 0 Å². The number of fused-ring (bicyclic) bond motifs is 5. The van der Waals surface area contributed by atoms with Crippen molar-refractivity contribution < 1.29 is 0 Å². The van der Waals surface area contributed by atoms with Gasteiger partial charge in [0.2, 0.25) is 0 Å². The van der Waals surface area contributed by atoms with Gasteiger partial charge in [0.25, 0.3) is 0 Å². The molecule has 0 amide bonds. The zero-order chi connectivity index (χ0) is 21.1. The maximum absolute atomic E-state index is 5.15. The third kappa shape index (κ3) is 2.87. The van der Waals surface area contributed by atoms with Crippen molar-refractivity contribution in [2.45, 2.75) is 51.4 Å². The van der Waals surface area contributed by atoms with Gasteiger partial charge in [0.15, 0.2) is 0 Å². The molecule has 2 aromatic carbocycles. The lowest BCUT2D eigenvalue weighted by Gasteiger charge is -2.31. The van der Waals surface area contributed by atoms with Crippen LogP contribution >= 0.6 is 0 Å². The Labute approximate surface area is 189 Å². The topological polar surface area (TPSA) is 12.9 Å². The smallest absolute Gasteiger partial charge is 0.0671 e. The summed E-state index contributed by atoms with van der Waals surface area (Å²) in [4.78, 5) is 5.15. The minimum Gasteiger partial charge on any atom is -0.252 e. The number of hydrogen-bond acceptors (Lipinski definition) is 1. The van der Waals surface area contributed by atoms with E-state index in [1.165, 1.54) is 81.9 Å². The summed E-state index contributed by atoms with van der Waals surface area (Å²) < 4.78 is 0. The Hall–Kier alpha value is -2.93. The summed E-state index contributed by atoms with van der Waals surface area (Å²) in [6.45, 7) is 0. The van der Waals surface area contributed by atoms with Crippen molar-refractivity contribution in [1.82, 2.24) is 4.98 Å². The van der Waals surface area contributed by atoms with Gasteiger partial charge in [-0.05, 0) is 80.8 Å². The molecule has 0 aliphatic heterocycles. The molecule has 0 N–H and O–H groups in total. The second-order valence-corrected chi connectivity index (χ2v) is 10.0. The van der Waals surface area contributed by atoms with Gasteiger partial charge in [-0.3, -0.25) is 4.98 Å². The highest BCUT2D eigenvalue weighted by Crippen LogP contribution is 2.40. The molecule has 1 nitrogen and oxygen atoms in total. The Bertz CT molecular complexity index is 1480. The fourth-order valence-electron chi connectivity index (χ4n) is 6.75. The minimum atomic E-state index is 0.753. The molecule has 1 unspecified atom stereocenters. The maximum atomic E-state index is 5.15. The maximum Gasteiger partial charge on any atom is 0.0671 e. The number of allylic oxidation sites excluding steroid dienone is 1. The molecule has 157 valence electrons. The Morgan fingerprint density at radius 1 is 0.750 bits per heavy atom. The number of hydrogen-bond donors (Lipinski definition) is 0. The number of aromatic nitrogens is 1. The van der Waals surface area contributed by atoms with Crippen LogP contribution in [-0.2, 0) is 19.3 Å². The highest BCUT2D eigenvalue weighted by molar-refractivity contribution is 5.67. The van der Waals surface area contributed by atoms with Crippen LogP contribution in [0.25, 0.3) is 11.6 Å². The SMILES string of the molecule is [C]1=CCc2nc(C3=c4ccc5c(c4CC(C4CCCC4)C3)CC=c3ccccc3=5)ccc21. The van der Waals surface area contributed by atoms with Gasteiger partial charge < -0.3 is 0 Å². The molecular weight excluding hydrogens is 386 g/mol. The van der Waals surface area contributed by atoms with Crippen LogP contribution in [0, 0.1) is 28.3 Å². The van der Waals surface area contributed by atoms with Crippen molar-refractivity contribution in [2.24, 2.45) is 11.8 Å². The van der Waals surface area contributed by atoms with Gasteiger partial charge in [0.1, 0.15) is 0 Å². The van der Waals surface area contributed by atoms with Crippen LogP contribution in [0.4, 0.5) is 0 Å². The van der Waals surface area contributed by atoms with Crippen LogP contribution in [0.1, 0.15) is 60.2 Å². The Morgan fingerprint density at radius 3 is 2.56 bits per heavy atom. The van der Waals surface area contributed by atoms with Gasteiger partial charge in [-0.15, -0.1) is 0 Å². The Morgan fingerprint density at radius 2 is 1.62 bits per heavy atom. The third-order valence-electron chi connectivity index (χ3n) is 8.37. The van der Waals surface area contributed by atoms with E-state index in [2.05, 4.69) is 66.8 Å². The Balaban J connectivity index is 1.49. The van der Waals surface area contributed by atoms with Crippen molar-refractivity contribution in [2.75, 3.05) is 0 Å². The van der Waals surface area contributed by atoms with Gasteiger partial charge in [0, 0.05) is 12.0 Å². The molecule has 1 radical (unpaired) electrons. The van der Waals surface area contributed by atoms with Gasteiger partial charge in [-0.25, -0.2) is 0 Å². The van der Waals surface area contributed by atoms with Gasteiger partial charge in [0.05, 0.1) is 11.4 Å². The second kappa shape index (κ2) is 7.30. The fraction of sp³-hybridized carbons (Fsp3) is 0.323. The van der Waals surface area contributed by atoms with Crippen molar-refractivity contribution in [3.05, 3.63) is 110 Å². The predicted octanol–water partition coefficient (Wildman–Crippen LogP) is 4.92. The lowest BCUT2D eigenvalue weighted by atomic mass is 9.74. The lowest BCUT2D eigenvalue weighted by molar-refractivity contribution is 0.336. The van der Waals surface area contributed by atoms with Crippen LogP contribution < -0.4 is 10.4 Å². The molecule has 1 atom stereocenters. The van der Waals surface area contributed by atoms with Crippen molar-refractivity contribution >= 4 is 11.6 Å². The molecule has 0 spiro atoms. The van der Waals surface area contributed by atoms with Crippen molar-refractivity contribution in [3.63, 3.8) is 0 Å². The van der Waals surface area contributed by atoms with Crippen LogP contribution in [0.5, 0.6) is 0 Å². The van der Waals surface area contributed by atoms with Gasteiger partial charge in [-0.1, -0.05) is 80.3 Å². The fourth-order valence-corrected chi connectivity index (χ4v) is 6.75. The van der Waals surface area contributed by atoms with Gasteiger partial charge in [-0.2, -0.15) is 0 Å². The summed E-state index contributed by atoms with van der Waals surface area (Å²) in [7, 11) is 0. The molecule has 1 fully saturated rings. The van der Waals surface area contributed by atoms with E-state index in [0.29, 0.717) is 0 Å². The van der Waals surface area contributed by atoms with E-state index in [0.717, 1.165) is 24.7 Å². The first kappa shape index (κ1) is 18.6. The van der Waals surface area contributed by atoms with E-state index in [-0.39, 0.29) is 0 Å². The first-order valence-electron chi connectivity index (χ1n) is 12.4. The molecule has 3 aromatic rings. The van der Waals surface area contributed by atoms with E-state index in [9.17, 15) is 0 Å². The predicted molar refractivity (Wildman–Crippen MR) is 129 cm³/mol. The Kier molecular flexibility index (Phi) is 4.25. The summed E-state index contributed by atoms with van der Waals surface area (Å²) >= 11 is 0. The average Bonchev–Trinajstić information content (AvgIpc) is 3.55. The molecule has 32 heavy (non-hydrogen) atoms. The molecular formula is C31H28N. The first-order valence-corrected chi connectivity index (χ1v) is 12.4. The molecule has 1 aromatic heterocycles. The van der Waals surface area contributed by atoms with Crippen molar-refractivity contribution in [3.8, 4) is 0 Å². The van der Waals surface area contributed by atoms with Crippen LogP contribution in [0.3, 0.4) is 0 Å². The third-order valence-corrected chi connectivity index (χ3v) is 8.37. The zero-order valence-electron chi connectivity index (χ0n) is 18.5. The number of pyridine rings is 1. The lowest BCUT2D eigenvalue weighted by Crippen LogP contribution is -2.30. The van der Waals surface area contributed by atoms with E-state index in [4.69, 9.17) is 4.98 Å². The molecule has 1 heteroatoms. The van der Waals surface area contributed by atoms with E-state index < -0.39 is 0 Å². The monoisotopic (exact) mass is 414 g/mol. The molecule has 4 aliphatic rings. The van der Waals surface area contributed by atoms with Gasteiger partial charge >= 0.3 is 0 Å². The first-order chi connectivity index (χ1) is 15.8. The number of rotatable bonds is 2. The molecule has 1 saturated carbocycles. The summed E-state index contributed by atoms with van der Waals surface area (Å²) in [5.41, 5.74) is 8.23. The molecule has 7 rings (SSSR count). The summed E-state index contributed by atoms with van der Waals surface area (Å²) in [6, 6.07) is 18.2. The van der Waals surface area contributed by atoms with E-state index in [1.807, 2.05) is 0 Å². The standard InChI is InChI=1S/C31H28N/c1-2-7-20(6-1)23-18-28-26-14-12-21-8-3-4-10-24(21)25(26)15-16-27(28)29(19-23)31-17-13-22-9-5-11-30(22)32-31/h3-5,8,10,12-13,15-17,20,23H,1-2,6-7,11,14,18-19H2. The van der Waals surface area contributed by atoms with E-state index in [1.54, 1.807) is 11.1 Å². The van der Waals surface area contributed by atoms with Crippen LogP contribution in [0.15, 0.2) is 54.6 Å². The van der Waals surface area contributed by atoms with Crippen LogP contribution in [-0.4, -0.2) is 4.98 Å². The van der Waals surface area contributed by atoms with Crippen molar-refractivity contribution in [1.29, 1.82) is 0 Å². The average molecular weight is 415 g/mol. The van der Waals surface area contributed by atoms with E-state index >= 15 is 0 Å².